The van der Waals surface area contributed by atoms with Gasteiger partial charge in [0.25, 0.3) is 0 Å². The molecule has 0 radical (unpaired) electrons. The third-order valence-corrected chi connectivity index (χ3v) is 3.38. The second kappa shape index (κ2) is 8.79. The third-order valence-electron chi connectivity index (χ3n) is 3.38. The highest BCUT2D eigenvalue weighted by molar-refractivity contribution is 5.67. The number of hydrogen-bond donors (Lipinski definition) is 1. The van der Waals surface area contributed by atoms with Gasteiger partial charge in [0.1, 0.15) is 5.60 Å². The molecule has 4 heteroatoms. The molecule has 4 nitrogen and oxygen atoms in total. The van der Waals surface area contributed by atoms with E-state index in [4.69, 9.17) is 4.74 Å². The van der Waals surface area contributed by atoms with E-state index >= 15 is 0 Å². The van der Waals surface area contributed by atoms with Crippen LogP contribution in [0.15, 0.2) is 30.3 Å². The Morgan fingerprint density at radius 3 is 2.45 bits per heavy atom. The van der Waals surface area contributed by atoms with Gasteiger partial charge >= 0.3 is 6.09 Å². The van der Waals surface area contributed by atoms with Gasteiger partial charge in [-0.05, 0) is 45.7 Å². The van der Waals surface area contributed by atoms with Gasteiger partial charge in [0.15, 0.2) is 0 Å². The topological polar surface area (TPSA) is 41.6 Å². The number of nitrogens with one attached hydrogen (secondary N) is 1. The molecule has 0 aliphatic rings. The molecule has 1 atom stereocenters. The van der Waals surface area contributed by atoms with Crippen LogP contribution in [0.2, 0.25) is 0 Å². The monoisotopic (exact) mass is 306 g/mol. The molecule has 0 aliphatic carbocycles. The molecule has 124 valence electrons. The summed E-state index contributed by atoms with van der Waals surface area (Å²) < 4.78 is 5.33. The van der Waals surface area contributed by atoms with Crippen LogP contribution in [0, 0.1) is 0 Å². The molecule has 0 saturated heterocycles. The minimum absolute atomic E-state index is 0.261. The minimum atomic E-state index is -0.440. The van der Waals surface area contributed by atoms with Crippen molar-refractivity contribution in [3.8, 4) is 0 Å². The van der Waals surface area contributed by atoms with Crippen molar-refractivity contribution >= 4 is 6.09 Å². The zero-order valence-electron chi connectivity index (χ0n) is 14.6. The molecule has 0 aromatic heterocycles. The zero-order chi connectivity index (χ0) is 16.6. The van der Waals surface area contributed by atoms with E-state index in [0.29, 0.717) is 12.6 Å². The maximum absolute atomic E-state index is 11.8. The summed E-state index contributed by atoms with van der Waals surface area (Å²) >= 11 is 0. The molecule has 0 aliphatic heterocycles. The quantitative estimate of drug-likeness (QED) is 0.775. The molecule has 1 aromatic carbocycles. The van der Waals surface area contributed by atoms with Gasteiger partial charge in [-0.3, -0.25) is 0 Å². The van der Waals surface area contributed by atoms with Crippen molar-refractivity contribution in [3.05, 3.63) is 35.9 Å². The summed E-state index contributed by atoms with van der Waals surface area (Å²) in [4.78, 5) is 13.5. The second-order valence-corrected chi connectivity index (χ2v) is 6.58. The average Bonchev–Trinajstić information content (AvgIpc) is 2.46. The Hall–Kier alpha value is -1.55. The van der Waals surface area contributed by atoms with Crippen molar-refractivity contribution in [2.24, 2.45) is 0 Å². The van der Waals surface area contributed by atoms with E-state index in [1.807, 2.05) is 26.8 Å². The van der Waals surface area contributed by atoms with Gasteiger partial charge in [-0.2, -0.15) is 0 Å². The second-order valence-electron chi connectivity index (χ2n) is 6.58. The van der Waals surface area contributed by atoms with Crippen LogP contribution in [0.1, 0.15) is 52.1 Å². The molecular formula is C18H30N2O2. The van der Waals surface area contributed by atoms with Crippen LogP contribution in [0.4, 0.5) is 4.79 Å². The summed E-state index contributed by atoms with van der Waals surface area (Å²) in [5.74, 6) is 0. The fourth-order valence-corrected chi connectivity index (χ4v) is 2.21. The van der Waals surface area contributed by atoms with Crippen molar-refractivity contribution in [2.75, 3.05) is 20.1 Å². The first kappa shape index (κ1) is 18.5. The van der Waals surface area contributed by atoms with Crippen molar-refractivity contribution in [2.45, 2.75) is 52.2 Å². The predicted molar refractivity (Wildman–Crippen MR) is 91.0 cm³/mol. The Kier molecular flexibility index (Phi) is 7.39. The van der Waals surface area contributed by atoms with Gasteiger partial charge in [0.2, 0.25) is 0 Å². The summed E-state index contributed by atoms with van der Waals surface area (Å²) in [6.07, 6.45) is 1.69. The number of carbonyl (C=O) groups is 1. The summed E-state index contributed by atoms with van der Waals surface area (Å²) in [6, 6.07) is 10.8. The van der Waals surface area contributed by atoms with Gasteiger partial charge in [0, 0.05) is 19.6 Å². The number of nitrogens with zero attached hydrogens (tertiary/aromatic N) is 1. The van der Waals surface area contributed by atoms with E-state index in [0.717, 1.165) is 19.4 Å². The molecule has 22 heavy (non-hydrogen) atoms. The van der Waals surface area contributed by atoms with Crippen LogP contribution < -0.4 is 5.32 Å². The molecule has 0 spiro atoms. The molecule has 0 saturated carbocycles. The molecular weight excluding hydrogens is 276 g/mol. The van der Waals surface area contributed by atoms with Crippen LogP contribution >= 0.6 is 0 Å². The molecule has 0 heterocycles. The van der Waals surface area contributed by atoms with E-state index in [1.54, 1.807) is 11.9 Å². The van der Waals surface area contributed by atoms with Gasteiger partial charge in [-0.15, -0.1) is 0 Å². The third kappa shape index (κ3) is 6.94. The van der Waals surface area contributed by atoms with Crippen LogP contribution in [0.5, 0.6) is 0 Å². The fourth-order valence-electron chi connectivity index (χ4n) is 2.21. The lowest BCUT2D eigenvalue weighted by Gasteiger charge is -2.25. The standard InChI is InChI=1S/C18H30N2O2/c1-6-16(15-11-8-7-9-12-15)19-13-10-14-20(5)17(21)22-18(2,3)4/h7-9,11-12,16,19H,6,10,13-14H2,1-5H3. The molecule has 0 bridgehead atoms. The van der Waals surface area contributed by atoms with Crippen LogP contribution in [0.25, 0.3) is 0 Å². The molecule has 1 aromatic rings. The van der Waals surface area contributed by atoms with Crippen molar-refractivity contribution in [1.82, 2.24) is 10.2 Å². The van der Waals surface area contributed by atoms with Crippen molar-refractivity contribution in [3.63, 3.8) is 0 Å². The summed E-state index contributed by atoms with van der Waals surface area (Å²) in [6.45, 7) is 9.38. The van der Waals surface area contributed by atoms with Gasteiger partial charge < -0.3 is 15.0 Å². The molecule has 0 fully saturated rings. The number of benzene rings is 1. The fraction of sp³-hybridized carbons (Fsp3) is 0.611. The normalized spacial score (nSPS) is 12.8. The van der Waals surface area contributed by atoms with E-state index in [1.165, 1.54) is 5.56 Å². The largest absolute Gasteiger partial charge is 0.444 e. The number of amides is 1. The molecule has 1 unspecified atom stereocenters. The molecule has 1 amide bonds. The number of rotatable bonds is 7. The van der Waals surface area contributed by atoms with Gasteiger partial charge in [-0.25, -0.2) is 4.79 Å². The molecule has 1 rings (SSSR count). The Balaban J connectivity index is 2.30. The first-order valence-electron chi connectivity index (χ1n) is 8.06. The average molecular weight is 306 g/mol. The van der Waals surface area contributed by atoms with Gasteiger partial charge in [-0.1, -0.05) is 37.3 Å². The summed E-state index contributed by atoms with van der Waals surface area (Å²) in [5, 5.41) is 3.55. The van der Waals surface area contributed by atoms with E-state index in [2.05, 4.69) is 36.5 Å². The predicted octanol–water partition coefficient (Wildman–Crippen LogP) is 3.98. The summed E-state index contributed by atoms with van der Waals surface area (Å²) in [5.41, 5.74) is 0.870. The molecule has 1 N–H and O–H groups in total. The Morgan fingerprint density at radius 1 is 1.27 bits per heavy atom. The number of hydrogen-bond acceptors (Lipinski definition) is 3. The zero-order valence-corrected chi connectivity index (χ0v) is 14.6. The SMILES string of the molecule is CCC(NCCCN(C)C(=O)OC(C)(C)C)c1ccccc1. The van der Waals surface area contributed by atoms with E-state index in [-0.39, 0.29) is 6.09 Å². The smallest absolute Gasteiger partial charge is 0.410 e. The lowest BCUT2D eigenvalue weighted by molar-refractivity contribution is 0.0297. The van der Waals surface area contributed by atoms with E-state index < -0.39 is 5.60 Å². The van der Waals surface area contributed by atoms with Crippen molar-refractivity contribution in [1.29, 1.82) is 0 Å². The minimum Gasteiger partial charge on any atom is -0.444 e. The Bertz CT molecular complexity index is 440. The first-order valence-corrected chi connectivity index (χ1v) is 8.06. The maximum atomic E-state index is 11.8. The van der Waals surface area contributed by atoms with Crippen LogP contribution in [-0.4, -0.2) is 36.7 Å². The Labute approximate surface area is 134 Å². The van der Waals surface area contributed by atoms with Crippen molar-refractivity contribution < 1.29 is 9.53 Å². The first-order chi connectivity index (χ1) is 10.3. The van der Waals surface area contributed by atoms with E-state index in [9.17, 15) is 4.79 Å². The van der Waals surface area contributed by atoms with Crippen LogP contribution in [-0.2, 0) is 4.74 Å². The highest BCUT2D eigenvalue weighted by Crippen LogP contribution is 2.15. The Morgan fingerprint density at radius 2 is 1.91 bits per heavy atom. The summed E-state index contributed by atoms with van der Waals surface area (Å²) in [7, 11) is 1.78. The number of carbonyl (C=O) groups excluding carboxylic acids is 1. The number of ether oxygens (including phenoxy) is 1. The highest BCUT2D eigenvalue weighted by atomic mass is 16.6. The highest BCUT2D eigenvalue weighted by Gasteiger charge is 2.19. The lowest BCUT2D eigenvalue weighted by atomic mass is 10.0. The van der Waals surface area contributed by atoms with Crippen LogP contribution in [0.3, 0.4) is 0 Å². The van der Waals surface area contributed by atoms with Gasteiger partial charge in [0.05, 0.1) is 0 Å². The lowest BCUT2D eigenvalue weighted by Crippen LogP contribution is -2.35. The maximum Gasteiger partial charge on any atom is 0.410 e.